The maximum atomic E-state index is 10.5. The number of anilines is 3. The van der Waals surface area contributed by atoms with E-state index in [1.165, 1.54) is 0 Å². The smallest absolute Gasteiger partial charge is 0.146 e. The van der Waals surface area contributed by atoms with E-state index in [9.17, 15) is 15.5 Å². The Morgan fingerprint density at radius 3 is 2.51 bits per heavy atom. The summed E-state index contributed by atoms with van der Waals surface area (Å²) >= 11 is 0. The summed E-state index contributed by atoms with van der Waals surface area (Å²) < 4.78 is 0. The van der Waals surface area contributed by atoms with Crippen LogP contribution in [0.3, 0.4) is 0 Å². The third-order valence-corrected chi connectivity index (χ3v) is 7.94. The molecule has 1 unspecified atom stereocenters. The van der Waals surface area contributed by atoms with Crippen LogP contribution >= 0.6 is 0 Å². The fourth-order valence-corrected chi connectivity index (χ4v) is 5.76. The van der Waals surface area contributed by atoms with Crippen molar-refractivity contribution in [3.63, 3.8) is 0 Å². The minimum atomic E-state index is -0.655. The molecule has 0 radical (unpaired) electrons. The topological polar surface area (TPSA) is 102 Å². The van der Waals surface area contributed by atoms with Crippen molar-refractivity contribution in [1.82, 2.24) is 14.8 Å². The molecule has 0 bridgehead atoms. The molecule has 3 N–H and O–H groups in total. The van der Waals surface area contributed by atoms with Crippen LogP contribution in [0.15, 0.2) is 36.9 Å². The van der Waals surface area contributed by atoms with E-state index in [0.717, 1.165) is 61.5 Å². The van der Waals surface area contributed by atoms with Gasteiger partial charge in [0.05, 0.1) is 23.6 Å². The Bertz CT molecular complexity index is 1160. The van der Waals surface area contributed by atoms with E-state index in [0.29, 0.717) is 44.1 Å². The van der Waals surface area contributed by atoms with Gasteiger partial charge in [0.15, 0.2) is 0 Å². The zero-order valence-electron chi connectivity index (χ0n) is 21.6. The Morgan fingerprint density at radius 2 is 1.84 bits per heavy atom. The van der Waals surface area contributed by atoms with Gasteiger partial charge in [-0.05, 0) is 57.6 Å². The first kappa shape index (κ1) is 25.3. The molecule has 5 rings (SSSR count). The van der Waals surface area contributed by atoms with Gasteiger partial charge in [-0.15, -0.1) is 0 Å². The van der Waals surface area contributed by atoms with Crippen molar-refractivity contribution in [2.24, 2.45) is 0 Å². The molecule has 3 aliphatic rings. The lowest BCUT2D eigenvalue weighted by atomic mass is 9.96. The lowest BCUT2D eigenvalue weighted by molar-refractivity contribution is 0.0380. The van der Waals surface area contributed by atoms with Gasteiger partial charge in [0.1, 0.15) is 29.4 Å². The van der Waals surface area contributed by atoms with E-state index in [-0.39, 0.29) is 11.8 Å². The van der Waals surface area contributed by atoms with Crippen molar-refractivity contribution in [2.45, 2.75) is 38.1 Å². The van der Waals surface area contributed by atoms with E-state index < -0.39 is 6.23 Å². The number of hydrogen-bond donors (Lipinski definition) is 3. The number of phenols is 1. The number of aliphatic hydroxyl groups is 1. The first-order valence-electron chi connectivity index (χ1n) is 13.2. The van der Waals surface area contributed by atoms with E-state index in [2.05, 4.69) is 39.7 Å². The minimum Gasteiger partial charge on any atom is -0.506 e. The number of nitrogens with one attached hydrogen (secondary N) is 1. The molecule has 1 atom stereocenters. The molecule has 2 aromatic rings. The SMILES string of the molecule is C=CC(O)N1CCN(c2c(C#N)c(NC3CCN(C)CC3)nc3c2CCN(c2ccccc2O)C3)CC1. The number of benzene rings is 1. The molecule has 0 amide bonds. The number of hydrogen-bond acceptors (Lipinski definition) is 9. The summed E-state index contributed by atoms with van der Waals surface area (Å²) in [7, 11) is 2.14. The van der Waals surface area contributed by atoms with Gasteiger partial charge in [-0.1, -0.05) is 18.7 Å². The van der Waals surface area contributed by atoms with Crippen molar-refractivity contribution in [1.29, 1.82) is 5.26 Å². The molecule has 37 heavy (non-hydrogen) atoms. The number of rotatable bonds is 6. The van der Waals surface area contributed by atoms with Gasteiger partial charge in [-0.3, -0.25) is 4.90 Å². The predicted octanol–water partition coefficient (Wildman–Crippen LogP) is 2.35. The molecule has 1 aromatic carbocycles. The zero-order valence-corrected chi connectivity index (χ0v) is 21.6. The van der Waals surface area contributed by atoms with Gasteiger partial charge in [0.2, 0.25) is 0 Å². The molecular formula is C28H37N7O2. The number of fused-ring (bicyclic) bond motifs is 1. The standard InChI is InChI=1S/C28H37N7O2/c1-3-26(37)33-14-16-34(17-15-33)27-21-10-13-35(24-6-4-5-7-25(24)36)19-23(21)31-28(22(27)18-29)30-20-8-11-32(2)12-9-20/h3-7,20,26,36-37H,1,8-17,19H2,2H3,(H,30,31). The molecule has 3 aliphatic heterocycles. The lowest BCUT2D eigenvalue weighted by Gasteiger charge is -2.40. The molecule has 2 fully saturated rings. The molecule has 1 aromatic heterocycles. The van der Waals surface area contributed by atoms with Gasteiger partial charge >= 0.3 is 0 Å². The summed E-state index contributed by atoms with van der Waals surface area (Å²) in [5.41, 5.74) is 4.47. The van der Waals surface area contributed by atoms with E-state index in [1.54, 1.807) is 12.1 Å². The maximum absolute atomic E-state index is 10.5. The highest BCUT2D eigenvalue weighted by molar-refractivity contribution is 5.75. The maximum Gasteiger partial charge on any atom is 0.146 e. The number of aromatic nitrogens is 1. The number of pyridine rings is 1. The van der Waals surface area contributed by atoms with Crippen LogP contribution in [0, 0.1) is 11.3 Å². The Kier molecular flexibility index (Phi) is 7.51. The van der Waals surface area contributed by atoms with Crippen LogP contribution in [0.1, 0.15) is 29.7 Å². The van der Waals surface area contributed by atoms with Crippen LogP contribution in [0.5, 0.6) is 5.75 Å². The summed E-state index contributed by atoms with van der Waals surface area (Å²) in [5, 5.41) is 34.7. The second-order valence-corrected chi connectivity index (χ2v) is 10.3. The Morgan fingerprint density at radius 1 is 1.11 bits per heavy atom. The van der Waals surface area contributed by atoms with Gasteiger partial charge in [-0.2, -0.15) is 5.26 Å². The molecular weight excluding hydrogens is 466 g/mol. The highest BCUT2D eigenvalue weighted by Gasteiger charge is 2.32. The average Bonchev–Trinajstić information content (AvgIpc) is 2.93. The number of phenolic OH excluding ortho intramolecular Hbond substituents is 1. The number of piperazine rings is 1. The quantitative estimate of drug-likeness (QED) is 0.513. The first-order valence-corrected chi connectivity index (χ1v) is 13.2. The van der Waals surface area contributed by atoms with Gasteiger partial charge in [-0.25, -0.2) is 4.98 Å². The Labute approximate surface area is 219 Å². The summed E-state index contributed by atoms with van der Waals surface area (Å²) in [6, 6.07) is 10.2. The first-order chi connectivity index (χ1) is 18.0. The van der Waals surface area contributed by atoms with Crippen LogP contribution in [0.25, 0.3) is 0 Å². The Hall–Kier alpha value is -3.32. The number of aromatic hydroxyl groups is 1. The van der Waals surface area contributed by atoms with E-state index >= 15 is 0 Å². The van der Waals surface area contributed by atoms with Gasteiger partial charge < -0.3 is 30.2 Å². The van der Waals surface area contributed by atoms with Crippen molar-refractivity contribution in [3.8, 4) is 11.8 Å². The molecule has 9 heteroatoms. The second kappa shape index (κ2) is 11.0. The highest BCUT2D eigenvalue weighted by Crippen LogP contribution is 2.38. The summed E-state index contributed by atoms with van der Waals surface area (Å²) in [5.74, 6) is 0.930. The van der Waals surface area contributed by atoms with Crippen LogP contribution in [-0.2, 0) is 13.0 Å². The second-order valence-electron chi connectivity index (χ2n) is 10.3. The number of likely N-dealkylation sites (tertiary alicyclic amines) is 1. The van der Waals surface area contributed by atoms with Crippen LogP contribution in [0.4, 0.5) is 17.2 Å². The van der Waals surface area contributed by atoms with Crippen LogP contribution in [0.2, 0.25) is 0 Å². The normalized spacial score (nSPS) is 20.2. The molecule has 2 saturated heterocycles. The zero-order chi connectivity index (χ0) is 25.9. The number of piperidine rings is 1. The number of nitriles is 1. The average molecular weight is 504 g/mol. The summed E-state index contributed by atoms with van der Waals surface area (Å²) in [6.07, 6.45) is 3.67. The highest BCUT2D eigenvalue weighted by atomic mass is 16.3. The van der Waals surface area contributed by atoms with Crippen molar-refractivity contribution in [2.75, 3.05) is 68.0 Å². The minimum absolute atomic E-state index is 0.265. The fourth-order valence-electron chi connectivity index (χ4n) is 5.76. The van der Waals surface area contributed by atoms with Crippen molar-refractivity contribution >= 4 is 17.2 Å². The molecule has 4 heterocycles. The fraction of sp³-hybridized carbons (Fsp3) is 0.500. The molecule has 9 nitrogen and oxygen atoms in total. The third kappa shape index (κ3) is 5.23. The monoisotopic (exact) mass is 503 g/mol. The summed E-state index contributed by atoms with van der Waals surface area (Å²) in [6.45, 7) is 9.88. The molecule has 0 spiro atoms. The molecule has 0 aliphatic carbocycles. The molecule has 196 valence electrons. The van der Waals surface area contributed by atoms with E-state index in [4.69, 9.17) is 4.98 Å². The van der Waals surface area contributed by atoms with Gasteiger partial charge in [0.25, 0.3) is 0 Å². The molecule has 0 saturated carbocycles. The third-order valence-electron chi connectivity index (χ3n) is 7.94. The Balaban J connectivity index is 1.50. The van der Waals surface area contributed by atoms with Crippen molar-refractivity contribution in [3.05, 3.63) is 53.7 Å². The van der Waals surface area contributed by atoms with Crippen LogP contribution in [-0.4, -0.2) is 90.1 Å². The van der Waals surface area contributed by atoms with Crippen LogP contribution < -0.4 is 15.1 Å². The number of para-hydroxylation sites is 2. The number of nitrogens with zero attached hydrogens (tertiary/aromatic N) is 6. The van der Waals surface area contributed by atoms with Gasteiger partial charge in [0, 0.05) is 44.3 Å². The summed E-state index contributed by atoms with van der Waals surface area (Å²) in [4.78, 5) is 13.8. The van der Waals surface area contributed by atoms with E-state index in [1.807, 2.05) is 23.1 Å². The number of aliphatic hydroxyl groups excluding tert-OH is 1. The lowest BCUT2D eigenvalue weighted by Crippen LogP contribution is -2.50. The predicted molar refractivity (Wildman–Crippen MR) is 146 cm³/mol. The van der Waals surface area contributed by atoms with Crippen molar-refractivity contribution < 1.29 is 10.2 Å². The largest absolute Gasteiger partial charge is 0.506 e.